The molecule has 1 amide bonds. The van der Waals surface area contributed by atoms with Crippen LogP contribution in [0.2, 0.25) is 0 Å². The van der Waals surface area contributed by atoms with Crippen LogP contribution >= 0.6 is 0 Å². The predicted octanol–water partition coefficient (Wildman–Crippen LogP) is 1.74. The number of nitrogens with zero attached hydrogens (tertiary/aromatic N) is 2. The highest BCUT2D eigenvalue weighted by molar-refractivity contribution is 5.94. The number of hydrogen-bond donors (Lipinski definition) is 1. The maximum absolute atomic E-state index is 12.3. The summed E-state index contributed by atoms with van der Waals surface area (Å²) in [6.45, 7) is 2.44. The lowest BCUT2D eigenvalue weighted by atomic mass is 10.1. The van der Waals surface area contributed by atoms with Crippen LogP contribution in [0.3, 0.4) is 0 Å². The first-order valence-electron chi connectivity index (χ1n) is 7.44. The Balaban J connectivity index is 1.61. The van der Waals surface area contributed by atoms with Gasteiger partial charge in [-0.25, -0.2) is 0 Å². The van der Waals surface area contributed by atoms with Gasteiger partial charge in [0.1, 0.15) is 5.75 Å². The summed E-state index contributed by atoms with van der Waals surface area (Å²) >= 11 is 0. The van der Waals surface area contributed by atoms with Crippen LogP contribution in [0.1, 0.15) is 16.1 Å². The van der Waals surface area contributed by atoms with Crippen LogP contribution in [0, 0.1) is 0 Å². The van der Waals surface area contributed by atoms with Gasteiger partial charge in [-0.05, 0) is 37.4 Å². The number of carbonyl (C=O) groups is 1. The number of benzene rings is 1. The summed E-state index contributed by atoms with van der Waals surface area (Å²) in [5.41, 5.74) is 1.94. The van der Waals surface area contributed by atoms with Crippen LogP contribution in [0.15, 0.2) is 42.6 Å². The average molecular weight is 299 g/mol. The molecular weight excluding hydrogens is 278 g/mol. The fourth-order valence-corrected chi connectivity index (χ4v) is 2.82. The molecule has 1 atom stereocenters. The maximum atomic E-state index is 12.3. The highest BCUT2D eigenvalue weighted by Crippen LogP contribution is 2.16. The molecule has 2 heterocycles. The Morgan fingerprint density at radius 2 is 2.23 bits per heavy atom. The van der Waals surface area contributed by atoms with E-state index in [1.165, 1.54) is 5.69 Å². The van der Waals surface area contributed by atoms with E-state index >= 15 is 0 Å². The molecule has 0 saturated carbocycles. The molecule has 5 heteroatoms. The van der Waals surface area contributed by atoms with Crippen molar-refractivity contribution in [2.45, 2.75) is 19.1 Å². The van der Waals surface area contributed by atoms with Gasteiger partial charge in [0.05, 0.1) is 7.11 Å². The molecule has 2 aromatic rings. The fraction of sp³-hybridized carbons (Fsp3) is 0.353. The zero-order valence-electron chi connectivity index (χ0n) is 13.0. The van der Waals surface area contributed by atoms with Gasteiger partial charge in [-0.2, -0.15) is 0 Å². The van der Waals surface area contributed by atoms with Crippen molar-refractivity contribution < 1.29 is 9.53 Å². The van der Waals surface area contributed by atoms with Gasteiger partial charge in [0.15, 0.2) is 0 Å². The molecule has 5 nitrogen and oxygen atoms in total. The second-order valence-electron chi connectivity index (χ2n) is 5.66. The number of likely N-dealkylation sites (N-methyl/N-ethyl adjacent to an activating group) is 1. The number of nitrogens with one attached hydrogen (secondary N) is 1. The summed E-state index contributed by atoms with van der Waals surface area (Å²) in [6, 6.07) is 11.7. The van der Waals surface area contributed by atoms with Crippen LogP contribution < -0.4 is 10.1 Å². The summed E-state index contributed by atoms with van der Waals surface area (Å²) in [4.78, 5) is 14.5. The van der Waals surface area contributed by atoms with Crippen LogP contribution in [0.25, 0.3) is 0 Å². The van der Waals surface area contributed by atoms with E-state index < -0.39 is 0 Å². The fourth-order valence-electron chi connectivity index (χ4n) is 2.82. The number of ether oxygens (including phenoxy) is 1. The molecule has 1 unspecified atom stereocenters. The second-order valence-corrected chi connectivity index (χ2v) is 5.66. The highest BCUT2D eigenvalue weighted by atomic mass is 16.5. The Morgan fingerprint density at radius 1 is 1.36 bits per heavy atom. The second kappa shape index (κ2) is 6.23. The Kier molecular flexibility index (Phi) is 4.15. The lowest BCUT2D eigenvalue weighted by Gasteiger charge is -2.34. The number of aromatic nitrogens is 1. The summed E-state index contributed by atoms with van der Waals surface area (Å²) in [6.07, 6.45) is 2.10. The normalized spacial score (nSPS) is 17.8. The number of hydrogen-bond acceptors (Lipinski definition) is 3. The van der Waals surface area contributed by atoms with Crippen LogP contribution in [-0.2, 0) is 13.1 Å². The van der Waals surface area contributed by atoms with Gasteiger partial charge in [0.25, 0.3) is 5.91 Å². The van der Waals surface area contributed by atoms with Crippen molar-refractivity contribution in [3.63, 3.8) is 0 Å². The van der Waals surface area contributed by atoms with E-state index in [4.69, 9.17) is 4.74 Å². The molecule has 0 fully saturated rings. The molecule has 0 saturated heterocycles. The predicted molar refractivity (Wildman–Crippen MR) is 85.0 cm³/mol. The van der Waals surface area contributed by atoms with Crippen LogP contribution in [0.4, 0.5) is 0 Å². The van der Waals surface area contributed by atoms with Gasteiger partial charge in [0.2, 0.25) is 0 Å². The summed E-state index contributed by atoms with van der Waals surface area (Å²) in [5, 5.41) is 3.02. The van der Waals surface area contributed by atoms with Crippen molar-refractivity contribution in [3.05, 3.63) is 53.9 Å². The third kappa shape index (κ3) is 2.99. The number of fused-ring (bicyclic) bond motifs is 1. The molecule has 1 aromatic heterocycles. The first kappa shape index (κ1) is 14.7. The van der Waals surface area contributed by atoms with Crippen LogP contribution in [0.5, 0.6) is 5.75 Å². The molecule has 22 heavy (non-hydrogen) atoms. The molecule has 0 aliphatic carbocycles. The molecule has 1 aliphatic rings. The van der Waals surface area contributed by atoms with Crippen molar-refractivity contribution in [3.8, 4) is 5.75 Å². The average Bonchev–Trinajstić information content (AvgIpc) is 2.99. The smallest absolute Gasteiger partial charge is 0.251 e. The van der Waals surface area contributed by atoms with Crippen molar-refractivity contribution in [2.24, 2.45) is 0 Å². The molecule has 0 bridgehead atoms. The summed E-state index contributed by atoms with van der Waals surface area (Å²) < 4.78 is 7.41. The first-order valence-corrected chi connectivity index (χ1v) is 7.44. The monoisotopic (exact) mass is 299 g/mol. The molecule has 1 aliphatic heterocycles. The van der Waals surface area contributed by atoms with Gasteiger partial charge >= 0.3 is 0 Å². The third-order valence-electron chi connectivity index (χ3n) is 4.20. The third-order valence-corrected chi connectivity index (χ3v) is 4.20. The quantitative estimate of drug-likeness (QED) is 0.935. The van der Waals surface area contributed by atoms with E-state index in [0.717, 1.165) is 13.1 Å². The molecule has 1 N–H and O–H groups in total. The first-order chi connectivity index (χ1) is 10.7. The lowest BCUT2D eigenvalue weighted by Crippen LogP contribution is -2.47. The summed E-state index contributed by atoms with van der Waals surface area (Å²) in [7, 11) is 3.70. The number of methoxy groups -OCH3 is 1. The minimum absolute atomic E-state index is 0.0643. The van der Waals surface area contributed by atoms with E-state index in [-0.39, 0.29) is 5.91 Å². The topological polar surface area (TPSA) is 46.5 Å². The van der Waals surface area contributed by atoms with E-state index in [1.54, 1.807) is 19.2 Å². The largest absolute Gasteiger partial charge is 0.497 e. The van der Waals surface area contributed by atoms with Gasteiger partial charge in [-0.3, -0.25) is 9.69 Å². The van der Waals surface area contributed by atoms with Gasteiger partial charge in [-0.1, -0.05) is 6.07 Å². The minimum Gasteiger partial charge on any atom is -0.497 e. The van der Waals surface area contributed by atoms with E-state index in [2.05, 4.69) is 40.2 Å². The Labute approximate surface area is 130 Å². The van der Waals surface area contributed by atoms with Crippen molar-refractivity contribution in [1.29, 1.82) is 0 Å². The van der Waals surface area contributed by atoms with Gasteiger partial charge < -0.3 is 14.6 Å². The molecule has 0 spiro atoms. The van der Waals surface area contributed by atoms with Crippen molar-refractivity contribution in [2.75, 3.05) is 20.7 Å². The van der Waals surface area contributed by atoms with E-state index in [1.807, 2.05) is 12.1 Å². The van der Waals surface area contributed by atoms with Crippen molar-refractivity contribution >= 4 is 5.91 Å². The standard InChI is InChI=1S/C17H21N3O2/c1-19-11-14-6-4-8-20(14)12-15(19)10-18-17(21)13-5-3-7-16(9-13)22-2/h3-9,15H,10-12H2,1-2H3,(H,18,21). The number of rotatable bonds is 4. The zero-order chi connectivity index (χ0) is 15.5. The minimum atomic E-state index is -0.0643. The number of amides is 1. The van der Waals surface area contributed by atoms with Crippen molar-refractivity contribution in [1.82, 2.24) is 14.8 Å². The lowest BCUT2D eigenvalue weighted by molar-refractivity contribution is 0.0925. The van der Waals surface area contributed by atoms with Gasteiger partial charge in [0, 0.05) is 43.1 Å². The molecular formula is C17H21N3O2. The van der Waals surface area contributed by atoms with E-state index in [9.17, 15) is 4.79 Å². The Bertz CT molecular complexity index is 665. The number of carbonyl (C=O) groups excluding carboxylic acids is 1. The molecule has 116 valence electrons. The molecule has 3 rings (SSSR count). The Hall–Kier alpha value is -2.27. The maximum Gasteiger partial charge on any atom is 0.251 e. The molecule has 1 aromatic carbocycles. The Morgan fingerprint density at radius 3 is 3.05 bits per heavy atom. The van der Waals surface area contributed by atoms with Gasteiger partial charge in [-0.15, -0.1) is 0 Å². The van der Waals surface area contributed by atoms with E-state index in [0.29, 0.717) is 23.9 Å². The molecule has 0 radical (unpaired) electrons. The van der Waals surface area contributed by atoms with Crippen LogP contribution in [-0.4, -0.2) is 42.1 Å². The SMILES string of the molecule is COc1cccc(C(=O)NCC2Cn3cccc3CN2C)c1. The summed E-state index contributed by atoms with van der Waals surface area (Å²) in [5.74, 6) is 0.630. The zero-order valence-corrected chi connectivity index (χ0v) is 13.0. The highest BCUT2D eigenvalue weighted by Gasteiger charge is 2.23.